The molecule has 1 aliphatic heterocycles. The molecule has 1 aromatic rings. The van der Waals surface area contributed by atoms with Gasteiger partial charge in [-0.05, 0) is 55.8 Å². The molecule has 136 valence electrons. The van der Waals surface area contributed by atoms with Crippen molar-refractivity contribution in [2.75, 3.05) is 19.6 Å². The van der Waals surface area contributed by atoms with Crippen molar-refractivity contribution in [1.29, 1.82) is 0 Å². The zero-order valence-corrected chi connectivity index (χ0v) is 15.7. The summed E-state index contributed by atoms with van der Waals surface area (Å²) in [7, 11) is -3.93. The molecule has 2 rings (SSSR count). The second kappa shape index (κ2) is 7.77. The van der Waals surface area contributed by atoms with Crippen LogP contribution in [0.2, 0.25) is 0 Å². The molecule has 0 bridgehead atoms. The summed E-state index contributed by atoms with van der Waals surface area (Å²) in [6.07, 6.45) is 1.90. The summed E-state index contributed by atoms with van der Waals surface area (Å²) in [5.74, 6) is 0. The zero-order valence-electron chi connectivity index (χ0n) is 14.1. The Hall–Kier alpha value is -1.22. The van der Waals surface area contributed by atoms with Gasteiger partial charge in [0, 0.05) is 19.2 Å². The molecule has 0 radical (unpaired) electrons. The summed E-state index contributed by atoms with van der Waals surface area (Å²) in [4.78, 5) is 10.3. The Morgan fingerprint density at radius 2 is 1.96 bits per heavy atom. The second-order valence-electron chi connectivity index (χ2n) is 6.58. The van der Waals surface area contributed by atoms with Gasteiger partial charge in [0.05, 0.1) is 4.92 Å². The van der Waals surface area contributed by atoms with Gasteiger partial charge in [0.15, 0.2) is 4.90 Å². The second-order valence-corrected chi connectivity index (χ2v) is 8.31. The van der Waals surface area contributed by atoms with Crippen molar-refractivity contribution < 1.29 is 13.3 Å². The summed E-state index contributed by atoms with van der Waals surface area (Å²) in [5, 5.41) is 14.5. The lowest BCUT2D eigenvalue weighted by molar-refractivity contribution is -0.387. The highest BCUT2D eigenvalue weighted by Gasteiger charge is 2.31. The quantitative estimate of drug-likeness (QED) is 0.605. The molecule has 0 amide bonds. The highest BCUT2D eigenvalue weighted by atomic mass is 35.5. The number of sulfonamides is 1. The van der Waals surface area contributed by atoms with Gasteiger partial charge in [-0.25, -0.2) is 13.1 Å². The fourth-order valence-electron chi connectivity index (χ4n) is 2.75. The van der Waals surface area contributed by atoms with Crippen molar-refractivity contribution in [3.8, 4) is 0 Å². The monoisotopic (exact) mass is 377 g/mol. The van der Waals surface area contributed by atoms with Crippen molar-refractivity contribution in [2.24, 2.45) is 5.41 Å². The number of nitrogens with one attached hydrogen (secondary N) is 2. The largest absolute Gasteiger partial charge is 0.316 e. The van der Waals surface area contributed by atoms with Crippen LogP contribution in [0.3, 0.4) is 0 Å². The molecule has 0 aliphatic carbocycles. The third kappa shape index (κ3) is 4.66. The molecule has 1 aromatic carbocycles. The van der Waals surface area contributed by atoms with Crippen LogP contribution in [0.1, 0.15) is 30.9 Å². The maximum atomic E-state index is 12.6. The van der Waals surface area contributed by atoms with Crippen LogP contribution in [-0.2, 0) is 10.0 Å². The van der Waals surface area contributed by atoms with Gasteiger partial charge in [-0.15, -0.1) is 12.4 Å². The van der Waals surface area contributed by atoms with Crippen molar-refractivity contribution in [3.05, 3.63) is 33.4 Å². The molecular formula is C15H24ClN3O4S. The van der Waals surface area contributed by atoms with E-state index in [9.17, 15) is 18.5 Å². The molecule has 1 aliphatic rings. The molecule has 1 saturated heterocycles. The Labute approximate surface area is 148 Å². The molecule has 0 saturated carbocycles. The lowest BCUT2D eigenvalue weighted by atomic mass is 9.83. The van der Waals surface area contributed by atoms with Gasteiger partial charge in [0.2, 0.25) is 10.0 Å². The highest BCUT2D eigenvalue weighted by Crippen LogP contribution is 2.29. The average molecular weight is 378 g/mol. The summed E-state index contributed by atoms with van der Waals surface area (Å²) < 4.78 is 27.7. The predicted octanol–water partition coefficient (Wildman–Crippen LogP) is 2.30. The van der Waals surface area contributed by atoms with Gasteiger partial charge in [-0.2, -0.15) is 0 Å². The number of nitro groups is 1. The molecule has 1 unspecified atom stereocenters. The van der Waals surface area contributed by atoms with E-state index in [1.54, 1.807) is 13.8 Å². The number of hydrogen-bond acceptors (Lipinski definition) is 5. The Kier molecular flexibility index (Phi) is 6.75. The number of benzene rings is 1. The number of aryl methyl sites for hydroxylation is 2. The van der Waals surface area contributed by atoms with Gasteiger partial charge < -0.3 is 5.32 Å². The number of nitro benzene ring substituents is 1. The van der Waals surface area contributed by atoms with E-state index in [0.717, 1.165) is 25.9 Å². The molecule has 0 aromatic heterocycles. The fraction of sp³-hybridized carbons (Fsp3) is 0.600. The van der Waals surface area contributed by atoms with Gasteiger partial charge in [0.25, 0.3) is 5.69 Å². The smallest absolute Gasteiger partial charge is 0.289 e. The van der Waals surface area contributed by atoms with Crippen LogP contribution >= 0.6 is 12.4 Å². The predicted molar refractivity (Wildman–Crippen MR) is 95.2 cm³/mol. The summed E-state index contributed by atoms with van der Waals surface area (Å²) in [5.41, 5.74) is 0.841. The van der Waals surface area contributed by atoms with Crippen molar-refractivity contribution in [3.63, 3.8) is 0 Å². The summed E-state index contributed by atoms with van der Waals surface area (Å²) in [6.45, 7) is 7.39. The molecule has 2 N–H and O–H groups in total. The van der Waals surface area contributed by atoms with Crippen LogP contribution in [0.5, 0.6) is 0 Å². The molecule has 24 heavy (non-hydrogen) atoms. The molecule has 7 nitrogen and oxygen atoms in total. The van der Waals surface area contributed by atoms with Crippen molar-refractivity contribution >= 4 is 28.1 Å². The first-order valence-electron chi connectivity index (χ1n) is 7.61. The first-order chi connectivity index (χ1) is 10.6. The minimum atomic E-state index is -3.93. The molecule has 1 fully saturated rings. The molecule has 0 spiro atoms. The molecular weight excluding hydrogens is 354 g/mol. The van der Waals surface area contributed by atoms with Gasteiger partial charge in [0.1, 0.15) is 0 Å². The molecule has 1 atom stereocenters. The van der Waals surface area contributed by atoms with E-state index in [1.807, 2.05) is 6.92 Å². The first-order valence-corrected chi connectivity index (χ1v) is 9.09. The van der Waals surface area contributed by atoms with E-state index < -0.39 is 14.9 Å². The zero-order chi connectivity index (χ0) is 17.3. The molecule has 9 heteroatoms. The summed E-state index contributed by atoms with van der Waals surface area (Å²) >= 11 is 0. The third-order valence-corrected chi connectivity index (χ3v) is 5.87. The Morgan fingerprint density at radius 1 is 1.33 bits per heavy atom. The van der Waals surface area contributed by atoms with E-state index in [2.05, 4.69) is 10.0 Å². The van der Waals surface area contributed by atoms with Gasteiger partial charge >= 0.3 is 0 Å². The fourth-order valence-corrected chi connectivity index (χ4v) is 4.18. The van der Waals surface area contributed by atoms with Crippen LogP contribution in [0, 0.1) is 29.4 Å². The Morgan fingerprint density at radius 3 is 2.50 bits per heavy atom. The van der Waals surface area contributed by atoms with Gasteiger partial charge in [-0.3, -0.25) is 10.1 Å². The number of hydrogen-bond donors (Lipinski definition) is 2. The summed E-state index contributed by atoms with van der Waals surface area (Å²) in [6, 6.07) is 2.69. The van der Waals surface area contributed by atoms with Crippen LogP contribution < -0.4 is 10.0 Å². The van der Waals surface area contributed by atoms with E-state index >= 15 is 0 Å². The first kappa shape index (κ1) is 20.8. The lowest BCUT2D eigenvalue weighted by Crippen LogP contribution is -2.45. The topological polar surface area (TPSA) is 101 Å². The van der Waals surface area contributed by atoms with Crippen LogP contribution in [0.15, 0.2) is 17.0 Å². The number of piperidine rings is 1. The van der Waals surface area contributed by atoms with E-state index in [0.29, 0.717) is 11.1 Å². The van der Waals surface area contributed by atoms with Crippen LogP contribution in [0.25, 0.3) is 0 Å². The number of nitrogens with zero attached hydrogens (tertiary/aromatic N) is 1. The van der Waals surface area contributed by atoms with Crippen molar-refractivity contribution in [1.82, 2.24) is 10.0 Å². The van der Waals surface area contributed by atoms with E-state index in [-0.39, 0.29) is 34.9 Å². The van der Waals surface area contributed by atoms with Gasteiger partial charge in [-0.1, -0.05) is 6.92 Å². The van der Waals surface area contributed by atoms with E-state index in [4.69, 9.17) is 0 Å². The minimum Gasteiger partial charge on any atom is -0.316 e. The Bertz CT molecular complexity index is 716. The Balaban J connectivity index is 0.00000288. The standard InChI is InChI=1S/C15H23N3O4S.ClH/c1-11-7-13(18(19)20)14(8-12(11)2)23(21,22)17-10-15(3)5-4-6-16-9-15;/h7-8,16-17H,4-6,9-10H2,1-3H3;1H. The minimum absolute atomic E-state index is 0. The third-order valence-electron chi connectivity index (χ3n) is 4.44. The highest BCUT2D eigenvalue weighted by molar-refractivity contribution is 7.89. The van der Waals surface area contributed by atoms with Crippen molar-refractivity contribution in [2.45, 2.75) is 38.5 Å². The molecule has 1 heterocycles. The maximum absolute atomic E-state index is 12.6. The normalized spacial score (nSPS) is 21.1. The number of rotatable bonds is 5. The lowest BCUT2D eigenvalue weighted by Gasteiger charge is -2.34. The van der Waals surface area contributed by atoms with E-state index in [1.165, 1.54) is 12.1 Å². The maximum Gasteiger partial charge on any atom is 0.289 e. The SMILES string of the molecule is Cc1cc([N+](=O)[O-])c(S(=O)(=O)NCC2(C)CCCNC2)cc1C.Cl. The van der Waals surface area contributed by atoms with Crippen LogP contribution in [-0.4, -0.2) is 33.0 Å². The average Bonchev–Trinajstić information content (AvgIpc) is 2.48. The number of halogens is 1. The van der Waals surface area contributed by atoms with Crippen LogP contribution in [0.4, 0.5) is 5.69 Å².